The smallest absolute Gasteiger partial charge is 0.130 e. The number of rotatable bonds is 5. The van der Waals surface area contributed by atoms with Crippen LogP contribution in [0.4, 0.5) is 8.78 Å². The quantitative estimate of drug-likeness (QED) is 0.862. The van der Waals surface area contributed by atoms with Gasteiger partial charge in [-0.2, -0.15) is 0 Å². The lowest BCUT2D eigenvalue weighted by molar-refractivity contribution is 0.565. The molecule has 0 aliphatic heterocycles. The van der Waals surface area contributed by atoms with Gasteiger partial charge in [0, 0.05) is 24.7 Å². The highest BCUT2D eigenvalue weighted by Crippen LogP contribution is 2.12. The van der Waals surface area contributed by atoms with E-state index in [4.69, 9.17) is 0 Å². The van der Waals surface area contributed by atoms with Gasteiger partial charge in [0.1, 0.15) is 11.6 Å². The molecule has 1 N–H and O–H groups in total. The van der Waals surface area contributed by atoms with E-state index in [0.29, 0.717) is 18.7 Å². The zero-order chi connectivity index (χ0) is 13.7. The highest BCUT2D eigenvalue weighted by atomic mass is 19.1. The summed E-state index contributed by atoms with van der Waals surface area (Å²) in [6, 6.07) is 13.4. The van der Waals surface area contributed by atoms with Crippen LogP contribution in [0, 0.1) is 11.6 Å². The fourth-order valence-corrected chi connectivity index (χ4v) is 1.79. The number of hydrogen-bond acceptors (Lipinski definition) is 1. The Kier molecular flexibility index (Phi) is 4.42. The fourth-order valence-electron chi connectivity index (χ4n) is 1.79. The third kappa shape index (κ3) is 3.73. The molecule has 1 nitrogen and oxygen atoms in total. The van der Waals surface area contributed by atoms with Gasteiger partial charge in [-0.25, -0.2) is 8.78 Å². The van der Waals surface area contributed by atoms with Crippen molar-refractivity contribution in [2.45, 2.75) is 6.54 Å². The number of benzene rings is 2. The maximum absolute atomic E-state index is 13.4. The van der Waals surface area contributed by atoms with Crippen LogP contribution in [0.15, 0.2) is 55.1 Å². The summed E-state index contributed by atoms with van der Waals surface area (Å²) in [6.07, 6.45) is 0. The van der Waals surface area contributed by atoms with Crippen LogP contribution in [0.2, 0.25) is 0 Å². The van der Waals surface area contributed by atoms with E-state index < -0.39 is 11.6 Å². The molecule has 0 aliphatic rings. The van der Waals surface area contributed by atoms with Crippen LogP contribution in [0.25, 0.3) is 5.57 Å². The normalized spacial score (nSPS) is 10.4. The van der Waals surface area contributed by atoms with Gasteiger partial charge in [-0.05, 0) is 17.2 Å². The third-order valence-electron chi connectivity index (χ3n) is 2.85. The van der Waals surface area contributed by atoms with E-state index in [1.165, 1.54) is 12.1 Å². The molecular weight excluding hydrogens is 244 g/mol. The zero-order valence-electron chi connectivity index (χ0n) is 10.5. The molecule has 0 fully saturated rings. The molecule has 0 aliphatic carbocycles. The molecule has 0 saturated heterocycles. The molecule has 0 radical (unpaired) electrons. The standard InChI is InChI=1S/C16H15F2N/c1-12(13-5-3-2-4-6-13)10-19-11-14-7-8-15(17)9-16(14)18/h2-9,19H,1,10-11H2. The largest absolute Gasteiger partial charge is 0.309 e. The molecule has 19 heavy (non-hydrogen) atoms. The molecule has 0 saturated carbocycles. The number of nitrogens with one attached hydrogen (secondary N) is 1. The molecule has 0 spiro atoms. The van der Waals surface area contributed by atoms with Crippen LogP contribution in [0.1, 0.15) is 11.1 Å². The molecule has 0 amide bonds. The summed E-state index contributed by atoms with van der Waals surface area (Å²) in [5.74, 6) is -1.09. The first kappa shape index (κ1) is 13.4. The SMILES string of the molecule is C=C(CNCc1ccc(F)cc1F)c1ccccc1. The Morgan fingerprint density at radius 2 is 1.79 bits per heavy atom. The minimum Gasteiger partial charge on any atom is -0.309 e. The monoisotopic (exact) mass is 259 g/mol. The van der Waals surface area contributed by atoms with Crippen molar-refractivity contribution in [2.24, 2.45) is 0 Å². The van der Waals surface area contributed by atoms with Crippen molar-refractivity contribution in [3.05, 3.63) is 77.9 Å². The van der Waals surface area contributed by atoms with Gasteiger partial charge in [0.15, 0.2) is 0 Å². The van der Waals surface area contributed by atoms with Gasteiger partial charge in [-0.1, -0.05) is 43.0 Å². The summed E-state index contributed by atoms with van der Waals surface area (Å²) < 4.78 is 26.1. The highest BCUT2D eigenvalue weighted by molar-refractivity contribution is 5.64. The van der Waals surface area contributed by atoms with Gasteiger partial charge >= 0.3 is 0 Å². The van der Waals surface area contributed by atoms with Gasteiger partial charge in [0.05, 0.1) is 0 Å². The highest BCUT2D eigenvalue weighted by Gasteiger charge is 2.04. The Hall–Kier alpha value is -2.00. The van der Waals surface area contributed by atoms with Crippen LogP contribution in [0.3, 0.4) is 0 Å². The van der Waals surface area contributed by atoms with E-state index in [-0.39, 0.29) is 0 Å². The Balaban J connectivity index is 1.88. The van der Waals surface area contributed by atoms with Crippen LogP contribution in [0.5, 0.6) is 0 Å². The molecule has 0 atom stereocenters. The number of hydrogen-bond donors (Lipinski definition) is 1. The average Bonchev–Trinajstić information content (AvgIpc) is 2.42. The zero-order valence-corrected chi connectivity index (χ0v) is 10.5. The maximum atomic E-state index is 13.4. The van der Waals surface area contributed by atoms with Crippen LogP contribution in [-0.4, -0.2) is 6.54 Å². The van der Waals surface area contributed by atoms with Crippen molar-refractivity contribution in [3.63, 3.8) is 0 Å². The first-order valence-corrected chi connectivity index (χ1v) is 6.04. The second kappa shape index (κ2) is 6.25. The lowest BCUT2D eigenvalue weighted by Crippen LogP contribution is -2.16. The first-order chi connectivity index (χ1) is 9.16. The van der Waals surface area contributed by atoms with E-state index in [9.17, 15) is 8.78 Å². The van der Waals surface area contributed by atoms with Crippen molar-refractivity contribution in [3.8, 4) is 0 Å². The molecule has 0 bridgehead atoms. The second-order valence-electron chi connectivity index (χ2n) is 4.31. The summed E-state index contributed by atoms with van der Waals surface area (Å²) in [5.41, 5.74) is 2.43. The van der Waals surface area contributed by atoms with E-state index in [0.717, 1.165) is 17.2 Å². The Morgan fingerprint density at radius 3 is 2.47 bits per heavy atom. The summed E-state index contributed by atoms with van der Waals surface area (Å²) in [7, 11) is 0. The van der Waals surface area contributed by atoms with Gasteiger partial charge in [0.25, 0.3) is 0 Å². The van der Waals surface area contributed by atoms with E-state index >= 15 is 0 Å². The lowest BCUT2D eigenvalue weighted by atomic mass is 10.1. The van der Waals surface area contributed by atoms with Crippen LogP contribution >= 0.6 is 0 Å². The predicted molar refractivity (Wildman–Crippen MR) is 73.5 cm³/mol. The van der Waals surface area contributed by atoms with Gasteiger partial charge in [-0.15, -0.1) is 0 Å². The molecule has 2 aromatic rings. The van der Waals surface area contributed by atoms with Gasteiger partial charge < -0.3 is 5.32 Å². The molecule has 98 valence electrons. The molecule has 2 aromatic carbocycles. The Morgan fingerprint density at radius 1 is 1.05 bits per heavy atom. The van der Waals surface area contributed by atoms with Gasteiger partial charge in [0.2, 0.25) is 0 Å². The summed E-state index contributed by atoms with van der Waals surface area (Å²) in [6.45, 7) is 4.88. The topological polar surface area (TPSA) is 12.0 Å². The molecule has 3 heteroatoms. The van der Waals surface area contributed by atoms with Crippen molar-refractivity contribution in [1.29, 1.82) is 0 Å². The third-order valence-corrected chi connectivity index (χ3v) is 2.85. The van der Waals surface area contributed by atoms with Crippen molar-refractivity contribution >= 4 is 5.57 Å². The molecule has 0 unspecified atom stereocenters. The van der Waals surface area contributed by atoms with E-state index in [1.807, 2.05) is 30.3 Å². The minimum absolute atomic E-state index is 0.345. The first-order valence-electron chi connectivity index (χ1n) is 6.04. The van der Waals surface area contributed by atoms with Gasteiger partial charge in [-0.3, -0.25) is 0 Å². The van der Waals surface area contributed by atoms with Crippen molar-refractivity contribution in [2.75, 3.05) is 6.54 Å². The Labute approximate surface area is 111 Å². The van der Waals surface area contributed by atoms with Crippen LogP contribution in [-0.2, 0) is 6.54 Å². The lowest BCUT2D eigenvalue weighted by Gasteiger charge is -2.08. The van der Waals surface area contributed by atoms with Crippen LogP contribution < -0.4 is 5.32 Å². The molecule has 0 heterocycles. The maximum Gasteiger partial charge on any atom is 0.130 e. The number of halogens is 2. The summed E-state index contributed by atoms with van der Waals surface area (Å²) in [4.78, 5) is 0. The van der Waals surface area contributed by atoms with E-state index in [2.05, 4.69) is 11.9 Å². The summed E-state index contributed by atoms with van der Waals surface area (Å²) >= 11 is 0. The van der Waals surface area contributed by atoms with E-state index in [1.54, 1.807) is 0 Å². The second-order valence-corrected chi connectivity index (χ2v) is 4.31. The predicted octanol–water partition coefficient (Wildman–Crippen LogP) is 3.77. The van der Waals surface area contributed by atoms with Crippen molar-refractivity contribution < 1.29 is 8.78 Å². The fraction of sp³-hybridized carbons (Fsp3) is 0.125. The molecular formula is C16H15F2N. The summed E-state index contributed by atoms with van der Waals surface area (Å²) in [5, 5.41) is 3.10. The molecule has 0 aromatic heterocycles. The average molecular weight is 259 g/mol. The minimum atomic E-state index is -0.560. The molecule has 2 rings (SSSR count). The van der Waals surface area contributed by atoms with Crippen molar-refractivity contribution in [1.82, 2.24) is 5.32 Å². The Bertz CT molecular complexity index is 564.